The number of nitrogens with zero attached hydrogens (tertiary/aromatic N) is 6. The number of hydrogen-bond acceptors (Lipinski definition) is 5. The summed E-state index contributed by atoms with van der Waals surface area (Å²) in [4.78, 5) is 23.4. The number of amides is 1. The molecule has 0 N–H and O–H groups in total. The summed E-state index contributed by atoms with van der Waals surface area (Å²) in [7, 11) is 0. The van der Waals surface area contributed by atoms with E-state index in [4.69, 9.17) is 0 Å². The molecule has 1 amide bonds. The standard InChI is InChI=1S/C18H18N6O/c25-18(16-9-19-14-3-1-2-4-15(14)20-16)23-8-7-13(10-23)24-11-17(21-22-24)12-5-6-12/h1-4,9,11-13H,5-8,10H2. The first-order valence-electron chi connectivity index (χ1n) is 8.71. The SMILES string of the molecule is O=C(c1cnc2ccccc2n1)N1CCC(n2cc(C3CC3)nn2)C1. The molecule has 126 valence electrons. The third kappa shape index (κ3) is 2.65. The van der Waals surface area contributed by atoms with Crippen molar-refractivity contribution in [1.82, 2.24) is 29.9 Å². The van der Waals surface area contributed by atoms with Gasteiger partial charge in [-0.1, -0.05) is 17.3 Å². The maximum atomic E-state index is 12.8. The first-order chi connectivity index (χ1) is 12.3. The minimum Gasteiger partial charge on any atom is -0.335 e. The molecule has 1 saturated heterocycles. The third-order valence-electron chi connectivity index (χ3n) is 5.02. The second-order valence-electron chi connectivity index (χ2n) is 6.84. The smallest absolute Gasteiger partial charge is 0.274 e. The molecular formula is C18H18N6O. The van der Waals surface area contributed by atoms with Crippen molar-refractivity contribution < 1.29 is 4.79 Å². The number of aromatic nitrogens is 5. The summed E-state index contributed by atoms with van der Waals surface area (Å²) in [5, 5.41) is 8.54. The highest BCUT2D eigenvalue weighted by molar-refractivity contribution is 5.94. The molecule has 0 radical (unpaired) electrons. The average molecular weight is 334 g/mol. The van der Waals surface area contributed by atoms with Crippen molar-refractivity contribution in [3.63, 3.8) is 0 Å². The number of carbonyl (C=O) groups excluding carboxylic acids is 1. The Labute approximate surface area is 144 Å². The maximum absolute atomic E-state index is 12.8. The van der Waals surface area contributed by atoms with E-state index in [1.165, 1.54) is 12.8 Å². The van der Waals surface area contributed by atoms with Gasteiger partial charge in [0.25, 0.3) is 5.91 Å². The zero-order valence-corrected chi connectivity index (χ0v) is 13.7. The van der Waals surface area contributed by atoms with E-state index >= 15 is 0 Å². The summed E-state index contributed by atoms with van der Waals surface area (Å²) in [5.74, 6) is 0.532. The molecule has 5 rings (SSSR count). The predicted octanol–water partition coefficient (Wildman–Crippen LogP) is 2.19. The third-order valence-corrected chi connectivity index (χ3v) is 5.02. The lowest BCUT2D eigenvalue weighted by Gasteiger charge is -2.16. The van der Waals surface area contributed by atoms with Crippen molar-refractivity contribution in [2.45, 2.75) is 31.2 Å². The van der Waals surface area contributed by atoms with Gasteiger partial charge in [0.1, 0.15) is 5.69 Å². The predicted molar refractivity (Wildman–Crippen MR) is 91.1 cm³/mol. The van der Waals surface area contributed by atoms with Crippen LogP contribution < -0.4 is 0 Å². The number of para-hydroxylation sites is 2. The molecule has 1 saturated carbocycles. The van der Waals surface area contributed by atoms with Crippen LogP contribution in [0.1, 0.15) is 47.4 Å². The van der Waals surface area contributed by atoms with E-state index in [2.05, 4.69) is 20.3 Å². The highest BCUT2D eigenvalue weighted by Crippen LogP contribution is 2.39. The lowest BCUT2D eigenvalue weighted by molar-refractivity contribution is 0.0781. The van der Waals surface area contributed by atoms with Gasteiger partial charge in [-0.05, 0) is 31.4 Å². The number of hydrogen-bond donors (Lipinski definition) is 0. The number of rotatable bonds is 3. The molecule has 7 nitrogen and oxygen atoms in total. The minimum absolute atomic E-state index is 0.0664. The van der Waals surface area contributed by atoms with Gasteiger partial charge in [0.05, 0.1) is 29.0 Å². The molecule has 2 aliphatic rings. The molecule has 0 spiro atoms. The fourth-order valence-corrected chi connectivity index (χ4v) is 3.40. The van der Waals surface area contributed by atoms with Crippen LogP contribution in [0.4, 0.5) is 0 Å². The lowest BCUT2D eigenvalue weighted by Crippen LogP contribution is -2.30. The van der Waals surface area contributed by atoms with Crippen LogP contribution in [0.15, 0.2) is 36.7 Å². The quantitative estimate of drug-likeness (QED) is 0.734. The Morgan fingerprint density at radius 1 is 1.12 bits per heavy atom. The second-order valence-corrected chi connectivity index (χ2v) is 6.84. The van der Waals surface area contributed by atoms with Crippen LogP contribution in [-0.2, 0) is 0 Å². The van der Waals surface area contributed by atoms with Crippen LogP contribution in [0.25, 0.3) is 11.0 Å². The molecule has 0 bridgehead atoms. The number of benzene rings is 1. The molecular weight excluding hydrogens is 316 g/mol. The summed E-state index contributed by atoms with van der Waals surface area (Å²) in [5.41, 5.74) is 3.03. The van der Waals surface area contributed by atoms with Gasteiger partial charge in [0, 0.05) is 25.2 Å². The molecule has 2 aromatic heterocycles. The van der Waals surface area contributed by atoms with Crippen molar-refractivity contribution in [2.75, 3.05) is 13.1 Å². The van der Waals surface area contributed by atoms with Crippen LogP contribution >= 0.6 is 0 Å². The molecule has 25 heavy (non-hydrogen) atoms. The van der Waals surface area contributed by atoms with Crippen molar-refractivity contribution in [3.8, 4) is 0 Å². The van der Waals surface area contributed by atoms with Crippen LogP contribution in [0, 0.1) is 0 Å². The van der Waals surface area contributed by atoms with Crippen molar-refractivity contribution in [1.29, 1.82) is 0 Å². The van der Waals surface area contributed by atoms with E-state index < -0.39 is 0 Å². The summed E-state index contributed by atoms with van der Waals surface area (Å²) < 4.78 is 1.92. The van der Waals surface area contributed by atoms with Crippen LogP contribution in [0.2, 0.25) is 0 Å². The average Bonchev–Trinajstić information content (AvgIpc) is 3.19. The van der Waals surface area contributed by atoms with Gasteiger partial charge in [0.2, 0.25) is 0 Å². The fourth-order valence-electron chi connectivity index (χ4n) is 3.40. The molecule has 3 aromatic rings. The van der Waals surface area contributed by atoms with Crippen molar-refractivity contribution in [2.24, 2.45) is 0 Å². The number of fused-ring (bicyclic) bond motifs is 1. The van der Waals surface area contributed by atoms with Gasteiger partial charge >= 0.3 is 0 Å². The molecule has 2 fully saturated rings. The van der Waals surface area contributed by atoms with E-state index in [1.54, 1.807) is 6.20 Å². The zero-order chi connectivity index (χ0) is 16.8. The van der Waals surface area contributed by atoms with Gasteiger partial charge in [-0.2, -0.15) is 0 Å². The van der Waals surface area contributed by atoms with E-state index in [0.29, 0.717) is 24.7 Å². The van der Waals surface area contributed by atoms with Crippen LogP contribution in [0.3, 0.4) is 0 Å². The molecule has 1 aromatic carbocycles. The van der Waals surface area contributed by atoms with Gasteiger partial charge in [-0.15, -0.1) is 5.10 Å². The monoisotopic (exact) mass is 334 g/mol. The normalized spacial score (nSPS) is 20.3. The van der Waals surface area contributed by atoms with Gasteiger partial charge < -0.3 is 4.90 Å². The Balaban J connectivity index is 1.33. The Kier molecular flexibility index (Phi) is 3.26. The van der Waals surface area contributed by atoms with Crippen LogP contribution in [-0.4, -0.2) is 48.9 Å². The van der Waals surface area contributed by atoms with E-state index in [1.807, 2.05) is 40.0 Å². The first kappa shape index (κ1) is 14.5. The van der Waals surface area contributed by atoms with Crippen LogP contribution in [0.5, 0.6) is 0 Å². The van der Waals surface area contributed by atoms with Gasteiger partial charge in [-0.25, -0.2) is 9.67 Å². The van der Waals surface area contributed by atoms with Crippen molar-refractivity contribution >= 4 is 16.9 Å². The first-order valence-corrected chi connectivity index (χ1v) is 8.71. The Bertz CT molecular complexity index is 947. The molecule has 1 aliphatic heterocycles. The van der Waals surface area contributed by atoms with E-state index in [9.17, 15) is 4.79 Å². The number of carbonyl (C=O) groups is 1. The largest absolute Gasteiger partial charge is 0.335 e. The molecule has 1 unspecified atom stereocenters. The second kappa shape index (κ2) is 5.61. The highest BCUT2D eigenvalue weighted by Gasteiger charge is 2.32. The van der Waals surface area contributed by atoms with Gasteiger partial charge in [-0.3, -0.25) is 9.78 Å². The van der Waals surface area contributed by atoms with Crippen molar-refractivity contribution in [3.05, 3.63) is 48.0 Å². The fraction of sp³-hybridized carbons (Fsp3) is 0.389. The van der Waals surface area contributed by atoms with E-state index in [0.717, 1.165) is 23.1 Å². The highest BCUT2D eigenvalue weighted by atomic mass is 16.2. The molecule has 7 heteroatoms. The van der Waals surface area contributed by atoms with E-state index in [-0.39, 0.29) is 11.9 Å². The summed E-state index contributed by atoms with van der Waals surface area (Å²) >= 11 is 0. The Morgan fingerprint density at radius 3 is 2.80 bits per heavy atom. The maximum Gasteiger partial charge on any atom is 0.274 e. The molecule has 1 atom stereocenters. The molecule has 3 heterocycles. The summed E-state index contributed by atoms with van der Waals surface area (Å²) in [6.45, 7) is 1.34. The summed E-state index contributed by atoms with van der Waals surface area (Å²) in [6.07, 6.45) is 6.94. The Hall–Kier alpha value is -2.83. The topological polar surface area (TPSA) is 76.8 Å². The van der Waals surface area contributed by atoms with Gasteiger partial charge in [0.15, 0.2) is 0 Å². The minimum atomic E-state index is -0.0664. The summed E-state index contributed by atoms with van der Waals surface area (Å²) in [6, 6.07) is 7.78. The number of likely N-dealkylation sites (tertiary alicyclic amines) is 1. The lowest BCUT2D eigenvalue weighted by atomic mass is 10.2. The zero-order valence-electron chi connectivity index (χ0n) is 13.7. The molecule has 1 aliphatic carbocycles. The Morgan fingerprint density at radius 2 is 1.96 bits per heavy atom.